The Morgan fingerprint density at radius 2 is 1.96 bits per heavy atom. The summed E-state index contributed by atoms with van der Waals surface area (Å²) in [6.45, 7) is 10.7. The van der Waals surface area contributed by atoms with Crippen molar-refractivity contribution in [3.05, 3.63) is 12.2 Å². The van der Waals surface area contributed by atoms with Crippen molar-refractivity contribution in [2.45, 2.75) is 51.5 Å². The van der Waals surface area contributed by atoms with Gasteiger partial charge in [0.1, 0.15) is 6.10 Å². The molecule has 0 saturated carbocycles. The van der Waals surface area contributed by atoms with Crippen molar-refractivity contribution in [2.24, 2.45) is 23.7 Å². The van der Waals surface area contributed by atoms with Crippen LogP contribution >= 0.6 is 0 Å². The zero-order valence-corrected chi connectivity index (χ0v) is 17.9. The van der Waals surface area contributed by atoms with E-state index < -0.39 is 38.0 Å². The summed E-state index contributed by atoms with van der Waals surface area (Å²) in [6, 6.07) is 0. The maximum atomic E-state index is 12.7. The van der Waals surface area contributed by atoms with Crippen LogP contribution in [0.2, 0.25) is 19.6 Å². The van der Waals surface area contributed by atoms with Crippen molar-refractivity contribution < 1.29 is 33.0 Å². The summed E-state index contributed by atoms with van der Waals surface area (Å²) in [5.74, 6) is -3.13. The van der Waals surface area contributed by atoms with Crippen LogP contribution in [0.5, 0.6) is 0 Å². The van der Waals surface area contributed by atoms with E-state index in [1.165, 1.54) is 7.11 Å². The summed E-state index contributed by atoms with van der Waals surface area (Å²) in [6.07, 6.45) is 3.21. The molecule has 27 heavy (non-hydrogen) atoms. The van der Waals surface area contributed by atoms with Crippen LogP contribution in [-0.2, 0) is 33.0 Å². The second kappa shape index (κ2) is 7.31. The van der Waals surface area contributed by atoms with Crippen molar-refractivity contribution in [1.29, 1.82) is 0 Å². The van der Waals surface area contributed by atoms with Crippen molar-refractivity contribution in [3.8, 4) is 0 Å². The summed E-state index contributed by atoms with van der Waals surface area (Å²) in [7, 11) is -0.634. The fourth-order valence-electron chi connectivity index (χ4n) is 4.21. The molecule has 8 heteroatoms. The molecule has 152 valence electrons. The quantitative estimate of drug-likeness (QED) is 0.399. The third kappa shape index (κ3) is 4.28. The van der Waals surface area contributed by atoms with Gasteiger partial charge < -0.3 is 23.4 Å². The number of cyclic esters (lactones) is 1. The first-order valence-corrected chi connectivity index (χ1v) is 12.9. The molecule has 0 amide bonds. The molecule has 0 N–H and O–H groups in total. The van der Waals surface area contributed by atoms with Gasteiger partial charge in [-0.2, -0.15) is 0 Å². The first kappa shape index (κ1) is 20.5. The lowest BCUT2D eigenvalue weighted by Gasteiger charge is -2.40. The Kier molecular flexibility index (Phi) is 5.55. The van der Waals surface area contributed by atoms with E-state index in [4.69, 9.17) is 23.4 Å². The predicted molar refractivity (Wildman–Crippen MR) is 99.2 cm³/mol. The largest absolute Gasteiger partial charge is 0.469 e. The van der Waals surface area contributed by atoms with Crippen LogP contribution in [0.3, 0.4) is 0 Å². The van der Waals surface area contributed by atoms with E-state index >= 15 is 0 Å². The van der Waals surface area contributed by atoms with E-state index in [9.17, 15) is 9.59 Å². The molecule has 0 aromatic carbocycles. The van der Waals surface area contributed by atoms with Crippen molar-refractivity contribution in [3.63, 3.8) is 0 Å². The fourth-order valence-corrected chi connectivity index (χ4v) is 5.34. The molecule has 3 rings (SSSR count). The molecule has 0 bridgehead atoms. The summed E-state index contributed by atoms with van der Waals surface area (Å²) in [4.78, 5) is 25.1. The molecule has 1 aliphatic carbocycles. The van der Waals surface area contributed by atoms with E-state index in [1.54, 1.807) is 0 Å². The van der Waals surface area contributed by atoms with Gasteiger partial charge in [0.2, 0.25) is 0 Å². The highest BCUT2D eigenvalue weighted by molar-refractivity contribution is 6.69. The molecule has 2 saturated heterocycles. The number of rotatable bonds is 5. The molecular weight excluding hydrogens is 368 g/mol. The van der Waals surface area contributed by atoms with Crippen molar-refractivity contribution >= 4 is 20.3 Å². The van der Waals surface area contributed by atoms with Gasteiger partial charge >= 0.3 is 11.9 Å². The Bertz CT molecular complexity index is 624. The van der Waals surface area contributed by atoms with Crippen molar-refractivity contribution in [1.82, 2.24) is 0 Å². The number of hydrogen-bond donors (Lipinski definition) is 0. The lowest BCUT2D eigenvalue weighted by Crippen LogP contribution is -2.51. The normalized spacial score (nSPS) is 36.2. The van der Waals surface area contributed by atoms with Gasteiger partial charge in [-0.3, -0.25) is 9.59 Å². The summed E-state index contributed by atoms with van der Waals surface area (Å²) < 4.78 is 28.6. The summed E-state index contributed by atoms with van der Waals surface area (Å²) in [5.41, 5.74) is 0. The minimum atomic E-state index is -1.98. The number of fused-ring (bicyclic) bond motifs is 1. The molecule has 0 aromatic heterocycles. The Morgan fingerprint density at radius 3 is 2.52 bits per heavy atom. The van der Waals surface area contributed by atoms with Gasteiger partial charge in [0.05, 0.1) is 38.3 Å². The third-order valence-electron chi connectivity index (χ3n) is 5.27. The van der Waals surface area contributed by atoms with Crippen LogP contribution in [0.4, 0.5) is 0 Å². The summed E-state index contributed by atoms with van der Waals surface area (Å²) in [5, 5.41) is 0. The van der Waals surface area contributed by atoms with E-state index in [0.717, 1.165) is 0 Å². The first-order valence-electron chi connectivity index (χ1n) is 9.45. The van der Waals surface area contributed by atoms with Crippen LogP contribution in [-0.4, -0.2) is 58.6 Å². The van der Waals surface area contributed by atoms with Crippen LogP contribution in [0.15, 0.2) is 12.2 Å². The zero-order valence-electron chi connectivity index (χ0n) is 16.9. The predicted octanol–water partition coefficient (Wildman–Crippen LogP) is 2.12. The molecule has 6 atom stereocenters. The van der Waals surface area contributed by atoms with Crippen LogP contribution in [0.1, 0.15) is 13.8 Å². The highest BCUT2D eigenvalue weighted by Crippen LogP contribution is 2.44. The maximum absolute atomic E-state index is 12.7. The van der Waals surface area contributed by atoms with Gasteiger partial charge in [0, 0.05) is 11.8 Å². The molecule has 2 heterocycles. The minimum absolute atomic E-state index is 0.109. The van der Waals surface area contributed by atoms with Gasteiger partial charge in [-0.1, -0.05) is 12.2 Å². The Balaban J connectivity index is 1.97. The smallest absolute Gasteiger partial charge is 0.310 e. The SMILES string of the molecule is COC(=O)[C@@H]1[C@@H]([C@H](O[Si](C)(C)C)[C@@H]2COC(C)(C)O2)C=C[C@H]2COC(=O)[C@H]12. The lowest BCUT2D eigenvalue weighted by atomic mass is 9.69. The van der Waals surface area contributed by atoms with E-state index in [2.05, 4.69) is 19.6 Å². The fraction of sp³-hybridized carbons (Fsp3) is 0.789. The Morgan fingerprint density at radius 1 is 1.26 bits per heavy atom. The second-order valence-electron chi connectivity index (χ2n) is 8.89. The highest BCUT2D eigenvalue weighted by Gasteiger charge is 2.54. The second-order valence-corrected chi connectivity index (χ2v) is 13.4. The molecule has 0 spiro atoms. The lowest BCUT2D eigenvalue weighted by molar-refractivity contribution is -0.165. The number of carbonyl (C=O) groups is 2. The van der Waals surface area contributed by atoms with Crippen LogP contribution in [0.25, 0.3) is 0 Å². The number of methoxy groups -OCH3 is 1. The number of esters is 2. The maximum Gasteiger partial charge on any atom is 0.310 e. The number of ether oxygens (including phenoxy) is 4. The first-order chi connectivity index (χ1) is 12.5. The molecule has 3 aliphatic rings. The number of carbonyl (C=O) groups excluding carboxylic acids is 2. The van der Waals surface area contributed by atoms with Crippen LogP contribution < -0.4 is 0 Å². The molecule has 0 radical (unpaired) electrons. The molecule has 7 nitrogen and oxygen atoms in total. The van der Waals surface area contributed by atoms with E-state index in [-0.39, 0.29) is 23.9 Å². The molecular formula is C19H30O7Si. The highest BCUT2D eigenvalue weighted by atomic mass is 28.4. The third-order valence-corrected chi connectivity index (χ3v) is 6.25. The van der Waals surface area contributed by atoms with Crippen molar-refractivity contribution in [2.75, 3.05) is 20.3 Å². The van der Waals surface area contributed by atoms with E-state index in [1.807, 2.05) is 26.0 Å². The Labute approximate surface area is 161 Å². The molecule has 0 aromatic rings. The topological polar surface area (TPSA) is 80.3 Å². The van der Waals surface area contributed by atoms with Gasteiger partial charge in [0.25, 0.3) is 0 Å². The molecule has 0 unspecified atom stereocenters. The van der Waals surface area contributed by atoms with Gasteiger partial charge in [-0.05, 0) is 33.5 Å². The average molecular weight is 399 g/mol. The Hall–Kier alpha value is -1.22. The monoisotopic (exact) mass is 398 g/mol. The zero-order chi connectivity index (χ0) is 20.0. The van der Waals surface area contributed by atoms with Gasteiger partial charge in [-0.25, -0.2) is 0 Å². The standard InChI is InChI=1S/C19H30O7Si/c1-19(2)24-10-13(25-19)16(26-27(4,5)6)12-8-7-11-9-23-18(21)14(11)15(12)17(20)22-3/h7-8,11-16H,9-10H2,1-6H3/t11-,12-,13-,14-,15+,16-/m0/s1. The average Bonchev–Trinajstić information content (AvgIpc) is 3.13. The van der Waals surface area contributed by atoms with Crippen LogP contribution in [0, 0.1) is 23.7 Å². The van der Waals surface area contributed by atoms with Gasteiger partial charge in [0.15, 0.2) is 14.1 Å². The number of hydrogen-bond acceptors (Lipinski definition) is 7. The molecule has 2 fully saturated rings. The van der Waals surface area contributed by atoms with E-state index in [0.29, 0.717) is 13.2 Å². The van der Waals surface area contributed by atoms with Gasteiger partial charge in [-0.15, -0.1) is 0 Å². The summed E-state index contributed by atoms with van der Waals surface area (Å²) >= 11 is 0. The molecule has 2 aliphatic heterocycles. The minimum Gasteiger partial charge on any atom is -0.469 e.